The Morgan fingerprint density at radius 1 is 0.317 bits per heavy atom. The van der Waals surface area contributed by atoms with Crippen molar-refractivity contribution in [2.24, 2.45) is 0 Å². The summed E-state index contributed by atoms with van der Waals surface area (Å²) >= 11 is 0. The van der Waals surface area contributed by atoms with Gasteiger partial charge in [0.15, 0.2) is 6.10 Å². The summed E-state index contributed by atoms with van der Waals surface area (Å²) in [5.74, 6) is -0.932. The van der Waals surface area contributed by atoms with Crippen molar-refractivity contribution in [2.75, 3.05) is 13.2 Å². The summed E-state index contributed by atoms with van der Waals surface area (Å²) in [6.45, 7) is 6.59. The normalized spacial score (nSPS) is 12.4. The number of rotatable bonds is 49. The third-order valence-electron chi connectivity index (χ3n) is 11.8. The van der Waals surface area contributed by atoms with Crippen molar-refractivity contribution in [1.82, 2.24) is 0 Å². The highest BCUT2D eigenvalue weighted by atomic mass is 16.6. The Labute approximate surface area is 390 Å². The molecule has 0 amide bonds. The number of hydrogen-bond acceptors (Lipinski definition) is 6. The van der Waals surface area contributed by atoms with Crippen LogP contribution in [0.5, 0.6) is 0 Å². The number of carbonyl (C=O) groups is 3. The Bertz CT molecular complexity index is 1110. The van der Waals surface area contributed by atoms with Gasteiger partial charge in [0.2, 0.25) is 0 Å². The summed E-state index contributed by atoms with van der Waals surface area (Å²) in [5.41, 5.74) is 0. The molecule has 0 rings (SSSR count). The van der Waals surface area contributed by atoms with Crippen molar-refractivity contribution in [2.45, 2.75) is 284 Å². The molecule has 0 aliphatic rings. The molecule has 6 nitrogen and oxygen atoms in total. The van der Waals surface area contributed by atoms with Crippen LogP contribution in [0.3, 0.4) is 0 Å². The fraction of sp³-hybridized carbons (Fsp3) is 0.807. The van der Waals surface area contributed by atoms with E-state index in [2.05, 4.69) is 69.4 Å². The maximum absolute atomic E-state index is 12.8. The smallest absolute Gasteiger partial charge is 0.306 e. The number of hydrogen-bond donors (Lipinski definition) is 0. The van der Waals surface area contributed by atoms with Gasteiger partial charge >= 0.3 is 17.9 Å². The average Bonchev–Trinajstić information content (AvgIpc) is 3.28. The summed E-state index contributed by atoms with van der Waals surface area (Å²) < 4.78 is 16.8. The number of ether oxygens (including phenoxy) is 3. The SMILES string of the molecule is CCCCC/C=C/C/C=C/C/C=C/C/C=C/CCCC(=O)OC[C@@H](COC(=O)CCCCCCCCCCCCCCCC)OC(=O)CCCCCCCCCCCCCCCC. The van der Waals surface area contributed by atoms with Crippen LogP contribution in [0.2, 0.25) is 0 Å². The lowest BCUT2D eigenvalue weighted by Crippen LogP contribution is -2.30. The first-order valence-corrected chi connectivity index (χ1v) is 27.1. The van der Waals surface area contributed by atoms with Crippen LogP contribution in [0, 0.1) is 0 Å². The summed E-state index contributed by atoms with van der Waals surface area (Å²) in [6.07, 6.45) is 62.4. The summed E-state index contributed by atoms with van der Waals surface area (Å²) in [5, 5.41) is 0. The molecule has 0 aromatic heterocycles. The van der Waals surface area contributed by atoms with Gasteiger partial charge < -0.3 is 14.2 Å². The van der Waals surface area contributed by atoms with Gasteiger partial charge in [0.1, 0.15) is 13.2 Å². The van der Waals surface area contributed by atoms with Crippen LogP contribution in [-0.4, -0.2) is 37.2 Å². The molecule has 0 fully saturated rings. The van der Waals surface area contributed by atoms with Gasteiger partial charge in [-0.15, -0.1) is 0 Å². The number of carbonyl (C=O) groups excluding carboxylic acids is 3. The van der Waals surface area contributed by atoms with Crippen molar-refractivity contribution >= 4 is 17.9 Å². The molecule has 0 aromatic rings. The zero-order valence-electron chi connectivity index (χ0n) is 41.8. The monoisotopic (exact) mass is 883 g/mol. The molecule has 0 aromatic carbocycles. The molecule has 0 saturated heterocycles. The van der Waals surface area contributed by atoms with E-state index in [0.29, 0.717) is 19.3 Å². The third kappa shape index (κ3) is 50.2. The molecule has 0 bridgehead atoms. The van der Waals surface area contributed by atoms with E-state index in [1.807, 2.05) is 0 Å². The second-order valence-electron chi connectivity index (χ2n) is 18.2. The Morgan fingerprint density at radius 2 is 0.587 bits per heavy atom. The Hall–Kier alpha value is -2.63. The van der Waals surface area contributed by atoms with Crippen molar-refractivity contribution < 1.29 is 28.6 Å². The summed E-state index contributed by atoms with van der Waals surface area (Å²) in [4.78, 5) is 38.0. The molecule has 0 unspecified atom stereocenters. The summed E-state index contributed by atoms with van der Waals surface area (Å²) in [6, 6.07) is 0. The molecule has 0 radical (unpaired) electrons. The standard InChI is InChI=1S/C57H102O6/c1-4-7-10-13-16-19-22-25-28-29-30-33-35-38-41-44-47-50-56(59)62-53-54(63-57(60)51-48-45-42-39-36-32-27-24-21-18-15-12-9-6-3)52-61-55(58)49-46-43-40-37-34-31-26-23-20-17-14-11-8-5-2/h16,19,25,28,30,33,38,41,54H,4-15,17-18,20-24,26-27,29,31-32,34-37,39-40,42-53H2,1-3H3/b19-16+,28-25+,33-30+,41-38+/t54-/m1/s1. The highest BCUT2D eigenvalue weighted by Crippen LogP contribution is 2.16. The third-order valence-corrected chi connectivity index (χ3v) is 11.8. The first-order valence-electron chi connectivity index (χ1n) is 27.1. The van der Waals surface area contributed by atoms with Gasteiger partial charge in [-0.05, 0) is 57.8 Å². The fourth-order valence-electron chi connectivity index (χ4n) is 7.73. The predicted molar refractivity (Wildman–Crippen MR) is 270 cm³/mol. The summed E-state index contributed by atoms with van der Waals surface area (Å²) in [7, 11) is 0. The van der Waals surface area contributed by atoms with Crippen molar-refractivity contribution in [3.63, 3.8) is 0 Å². The number of esters is 3. The zero-order chi connectivity index (χ0) is 45.8. The number of unbranched alkanes of at least 4 members (excludes halogenated alkanes) is 30. The second kappa shape index (κ2) is 52.0. The predicted octanol–water partition coefficient (Wildman–Crippen LogP) is 17.9. The van der Waals surface area contributed by atoms with Crippen LogP contribution in [-0.2, 0) is 28.6 Å². The van der Waals surface area contributed by atoms with Gasteiger partial charge in [0, 0.05) is 19.3 Å². The van der Waals surface area contributed by atoms with E-state index >= 15 is 0 Å². The van der Waals surface area contributed by atoms with Crippen LogP contribution in [0.15, 0.2) is 48.6 Å². The number of allylic oxidation sites excluding steroid dienone is 8. The molecule has 1 atom stereocenters. The van der Waals surface area contributed by atoms with Crippen LogP contribution < -0.4 is 0 Å². The van der Waals surface area contributed by atoms with Crippen LogP contribution in [0.4, 0.5) is 0 Å². The highest BCUT2D eigenvalue weighted by Gasteiger charge is 2.19. The minimum Gasteiger partial charge on any atom is -0.462 e. The molecule has 0 heterocycles. The van der Waals surface area contributed by atoms with E-state index in [9.17, 15) is 14.4 Å². The minimum absolute atomic E-state index is 0.0859. The highest BCUT2D eigenvalue weighted by molar-refractivity contribution is 5.71. The van der Waals surface area contributed by atoms with Crippen molar-refractivity contribution in [3.8, 4) is 0 Å². The average molecular weight is 883 g/mol. The molecule has 6 heteroatoms. The Morgan fingerprint density at radius 3 is 0.952 bits per heavy atom. The van der Waals surface area contributed by atoms with Gasteiger partial charge in [-0.1, -0.05) is 249 Å². The van der Waals surface area contributed by atoms with E-state index < -0.39 is 6.10 Å². The first kappa shape index (κ1) is 60.4. The first-order chi connectivity index (χ1) is 31.0. The Kier molecular flexibility index (Phi) is 49.8. The van der Waals surface area contributed by atoms with Gasteiger partial charge in [-0.3, -0.25) is 14.4 Å². The lowest BCUT2D eigenvalue weighted by molar-refractivity contribution is -0.167. The fourth-order valence-corrected chi connectivity index (χ4v) is 7.73. The largest absolute Gasteiger partial charge is 0.462 e. The van der Waals surface area contributed by atoms with E-state index in [4.69, 9.17) is 14.2 Å². The maximum atomic E-state index is 12.8. The molecule has 0 N–H and O–H groups in total. The second-order valence-corrected chi connectivity index (χ2v) is 18.2. The Balaban J connectivity index is 4.43. The lowest BCUT2D eigenvalue weighted by atomic mass is 10.0. The molecule has 0 saturated carbocycles. The van der Waals surface area contributed by atoms with Crippen LogP contribution >= 0.6 is 0 Å². The molecule has 366 valence electrons. The van der Waals surface area contributed by atoms with E-state index in [1.54, 1.807) is 0 Å². The zero-order valence-corrected chi connectivity index (χ0v) is 41.8. The molecular weight excluding hydrogens is 781 g/mol. The quantitative estimate of drug-likeness (QED) is 0.0262. The van der Waals surface area contributed by atoms with Gasteiger partial charge in [-0.25, -0.2) is 0 Å². The molecule has 0 spiro atoms. The van der Waals surface area contributed by atoms with Gasteiger partial charge in [-0.2, -0.15) is 0 Å². The van der Waals surface area contributed by atoms with Crippen molar-refractivity contribution in [1.29, 1.82) is 0 Å². The lowest BCUT2D eigenvalue weighted by Gasteiger charge is -2.18. The van der Waals surface area contributed by atoms with E-state index in [-0.39, 0.29) is 37.5 Å². The van der Waals surface area contributed by atoms with Crippen LogP contribution in [0.1, 0.15) is 278 Å². The molecular formula is C57H102O6. The topological polar surface area (TPSA) is 78.9 Å². The van der Waals surface area contributed by atoms with E-state index in [0.717, 1.165) is 64.2 Å². The van der Waals surface area contributed by atoms with Gasteiger partial charge in [0.25, 0.3) is 0 Å². The molecule has 63 heavy (non-hydrogen) atoms. The van der Waals surface area contributed by atoms with Gasteiger partial charge in [0.05, 0.1) is 0 Å². The minimum atomic E-state index is -0.790. The van der Waals surface area contributed by atoms with Crippen LogP contribution in [0.25, 0.3) is 0 Å². The molecule has 0 aliphatic heterocycles. The van der Waals surface area contributed by atoms with E-state index in [1.165, 1.54) is 167 Å². The molecule has 0 aliphatic carbocycles. The van der Waals surface area contributed by atoms with Crippen molar-refractivity contribution in [3.05, 3.63) is 48.6 Å². The maximum Gasteiger partial charge on any atom is 0.306 e.